The standard InChI is InChI=1S/C11H6F3IO4/c12-11(13,14)9-5(10(17)18)1-4-2-6(15)7(16)3-8(4)19-9/h1-3,9,16H,(H,17,18). The average molecular weight is 386 g/mol. The number of rotatable bonds is 1. The summed E-state index contributed by atoms with van der Waals surface area (Å²) >= 11 is 1.77. The van der Waals surface area contributed by atoms with Crippen LogP contribution in [0.4, 0.5) is 13.2 Å². The molecule has 1 aliphatic heterocycles. The van der Waals surface area contributed by atoms with Gasteiger partial charge in [0.05, 0.1) is 9.14 Å². The maximum absolute atomic E-state index is 12.7. The van der Waals surface area contributed by atoms with Gasteiger partial charge in [-0.1, -0.05) is 0 Å². The molecule has 1 unspecified atom stereocenters. The Morgan fingerprint density at radius 2 is 2.00 bits per heavy atom. The van der Waals surface area contributed by atoms with Gasteiger partial charge in [0.1, 0.15) is 11.5 Å². The summed E-state index contributed by atoms with van der Waals surface area (Å²) in [4.78, 5) is 10.9. The number of carbonyl (C=O) groups is 1. The first-order valence-corrected chi connectivity index (χ1v) is 5.99. The van der Waals surface area contributed by atoms with Crippen LogP contribution in [0.2, 0.25) is 0 Å². The van der Waals surface area contributed by atoms with Crippen molar-refractivity contribution in [3.63, 3.8) is 0 Å². The lowest BCUT2D eigenvalue weighted by molar-refractivity contribution is -0.187. The lowest BCUT2D eigenvalue weighted by Gasteiger charge is -2.27. The van der Waals surface area contributed by atoms with E-state index in [4.69, 9.17) is 5.11 Å². The normalized spacial score (nSPS) is 18.3. The van der Waals surface area contributed by atoms with E-state index in [9.17, 15) is 23.1 Å². The molecule has 0 amide bonds. The third-order valence-corrected chi connectivity index (χ3v) is 3.33. The fraction of sp³-hybridized carbons (Fsp3) is 0.182. The van der Waals surface area contributed by atoms with Gasteiger partial charge in [0.25, 0.3) is 0 Å². The van der Waals surface area contributed by atoms with Crippen LogP contribution in [0.1, 0.15) is 5.56 Å². The second-order valence-corrected chi connectivity index (χ2v) is 4.95. The third kappa shape index (κ3) is 2.62. The highest BCUT2D eigenvalue weighted by Gasteiger charge is 2.48. The minimum Gasteiger partial charge on any atom is -0.507 e. The number of aromatic hydroxyl groups is 1. The number of aliphatic carboxylic acids is 1. The molecule has 0 aliphatic carbocycles. The topological polar surface area (TPSA) is 66.8 Å². The van der Waals surface area contributed by atoms with Crippen molar-refractivity contribution in [3.8, 4) is 11.5 Å². The molecule has 1 aromatic rings. The van der Waals surface area contributed by atoms with Gasteiger partial charge >= 0.3 is 12.1 Å². The number of hydrogen-bond acceptors (Lipinski definition) is 3. The van der Waals surface area contributed by atoms with Gasteiger partial charge in [-0.25, -0.2) is 4.79 Å². The fourth-order valence-electron chi connectivity index (χ4n) is 1.62. The number of hydrogen-bond donors (Lipinski definition) is 2. The van der Waals surface area contributed by atoms with Gasteiger partial charge < -0.3 is 14.9 Å². The number of fused-ring (bicyclic) bond motifs is 1. The van der Waals surface area contributed by atoms with Crippen molar-refractivity contribution in [1.29, 1.82) is 0 Å². The van der Waals surface area contributed by atoms with E-state index >= 15 is 0 Å². The molecule has 0 bridgehead atoms. The summed E-state index contributed by atoms with van der Waals surface area (Å²) in [6.07, 6.45) is -6.49. The Morgan fingerprint density at radius 1 is 1.37 bits per heavy atom. The molecule has 0 spiro atoms. The van der Waals surface area contributed by atoms with Crippen LogP contribution in [0.15, 0.2) is 17.7 Å². The van der Waals surface area contributed by atoms with Crippen molar-refractivity contribution in [1.82, 2.24) is 0 Å². The van der Waals surface area contributed by atoms with E-state index in [1.807, 2.05) is 0 Å². The van der Waals surface area contributed by atoms with Gasteiger partial charge in [-0.05, 0) is 34.7 Å². The largest absolute Gasteiger partial charge is 0.507 e. The van der Waals surface area contributed by atoms with Gasteiger partial charge in [0, 0.05) is 11.6 Å². The summed E-state index contributed by atoms with van der Waals surface area (Å²) in [5, 5.41) is 18.3. The van der Waals surface area contributed by atoms with Gasteiger partial charge in [-0.2, -0.15) is 13.2 Å². The van der Waals surface area contributed by atoms with Gasteiger partial charge in [-0.3, -0.25) is 0 Å². The molecule has 2 rings (SSSR count). The lowest BCUT2D eigenvalue weighted by Crippen LogP contribution is -2.40. The molecule has 0 saturated carbocycles. The van der Waals surface area contributed by atoms with E-state index in [-0.39, 0.29) is 17.1 Å². The minimum absolute atomic E-state index is 0.181. The Kier molecular flexibility index (Phi) is 3.37. The minimum atomic E-state index is -4.85. The zero-order valence-electron chi connectivity index (χ0n) is 9.03. The maximum atomic E-state index is 12.7. The second-order valence-electron chi connectivity index (χ2n) is 3.79. The third-order valence-electron chi connectivity index (χ3n) is 2.46. The molecule has 19 heavy (non-hydrogen) atoms. The van der Waals surface area contributed by atoms with E-state index in [2.05, 4.69) is 4.74 Å². The first-order chi connectivity index (χ1) is 8.70. The summed E-state index contributed by atoms with van der Waals surface area (Å²) in [5.74, 6) is -2.13. The van der Waals surface area contributed by atoms with Crippen LogP contribution in [0, 0.1) is 3.57 Å². The van der Waals surface area contributed by atoms with Gasteiger partial charge in [-0.15, -0.1) is 0 Å². The van der Waals surface area contributed by atoms with Crippen LogP contribution in [-0.4, -0.2) is 28.5 Å². The number of benzene rings is 1. The predicted molar refractivity (Wildman–Crippen MR) is 66.9 cm³/mol. The van der Waals surface area contributed by atoms with E-state index < -0.39 is 23.8 Å². The number of halogens is 4. The summed E-state index contributed by atoms with van der Waals surface area (Å²) in [5.41, 5.74) is -0.707. The highest BCUT2D eigenvalue weighted by Crippen LogP contribution is 2.40. The molecular weight excluding hydrogens is 380 g/mol. The molecule has 8 heteroatoms. The SMILES string of the molecule is O=C(O)C1=Cc2cc(I)c(O)cc2OC1C(F)(F)F. The van der Waals surface area contributed by atoms with E-state index in [0.717, 1.165) is 12.1 Å². The molecule has 0 fully saturated rings. The average Bonchev–Trinajstić information content (AvgIpc) is 2.27. The number of carboxylic acid groups (broad SMARTS) is 1. The van der Waals surface area contributed by atoms with E-state index in [1.54, 1.807) is 22.6 Å². The number of carboxylic acids is 1. The highest BCUT2D eigenvalue weighted by molar-refractivity contribution is 14.1. The maximum Gasteiger partial charge on any atom is 0.430 e. The molecule has 0 aromatic heterocycles. The van der Waals surface area contributed by atoms with Crippen LogP contribution in [0.5, 0.6) is 11.5 Å². The molecule has 0 saturated heterocycles. The molecular formula is C11H6F3IO4. The monoisotopic (exact) mass is 386 g/mol. The molecule has 1 atom stereocenters. The van der Waals surface area contributed by atoms with Crippen LogP contribution >= 0.6 is 22.6 Å². The molecule has 102 valence electrons. The van der Waals surface area contributed by atoms with Crippen LogP contribution in [0.25, 0.3) is 6.08 Å². The van der Waals surface area contributed by atoms with Crippen molar-refractivity contribution < 1.29 is 32.9 Å². The van der Waals surface area contributed by atoms with Gasteiger partial charge in [0.15, 0.2) is 0 Å². The Bertz CT molecular complexity index is 580. The quantitative estimate of drug-likeness (QED) is 0.729. The zero-order valence-corrected chi connectivity index (χ0v) is 11.2. The fourth-order valence-corrected chi connectivity index (χ4v) is 2.11. The van der Waals surface area contributed by atoms with Crippen molar-refractivity contribution in [2.24, 2.45) is 0 Å². The van der Waals surface area contributed by atoms with Gasteiger partial charge in [0.2, 0.25) is 6.10 Å². The van der Waals surface area contributed by atoms with Crippen LogP contribution in [-0.2, 0) is 4.79 Å². The van der Waals surface area contributed by atoms with E-state index in [0.29, 0.717) is 3.57 Å². The Labute approximate surface area is 118 Å². The Hall–Kier alpha value is -1.45. The predicted octanol–water partition coefficient (Wildman–Crippen LogP) is 2.79. The van der Waals surface area contributed by atoms with Crippen molar-refractivity contribution in [3.05, 3.63) is 26.8 Å². The number of phenols is 1. The second kappa shape index (κ2) is 4.58. The Balaban J connectivity index is 2.57. The summed E-state index contributed by atoms with van der Waals surface area (Å²) in [6.45, 7) is 0. The smallest absolute Gasteiger partial charge is 0.430 e. The van der Waals surface area contributed by atoms with Crippen LogP contribution in [0.3, 0.4) is 0 Å². The van der Waals surface area contributed by atoms with E-state index in [1.165, 1.54) is 6.07 Å². The number of alkyl halides is 3. The molecule has 1 heterocycles. The zero-order chi connectivity index (χ0) is 14.4. The van der Waals surface area contributed by atoms with Crippen LogP contribution < -0.4 is 4.74 Å². The number of ether oxygens (including phenoxy) is 1. The molecule has 4 nitrogen and oxygen atoms in total. The summed E-state index contributed by atoms with van der Waals surface area (Å²) in [7, 11) is 0. The summed E-state index contributed by atoms with van der Waals surface area (Å²) in [6, 6.07) is 2.38. The lowest BCUT2D eigenvalue weighted by atomic mass is 10.0. The summed E-state index contributed by atoms with van der Waals surface area (Å²) < 4.78 is 43.2. The number of phenolic OH excluding ortho intramolecular Hbond substituents is 1. The molecule has 1 aliphatic rings. The molecule has 1 aromatic carbocycles. The van der Waals surface area contributed by atoms with Crippen molar-refractivity contribution in [2.75, 3.05) is 0 Å². The van der Waals surface area contributed by atoms with Crippen molar-refractivity contribution >= 4 is 34.6 Å². The first-order valence-electron chi connectivity index (χ1n) is 4.91. The Morgan fingerprint density at radius 3 is 2.53 bits per heavy atom. The highest BCUT2D eigenvalue weighted by atomic mass is 127. The first kappa shape index (κ1) is 14.0. The molecule has 0 radical (unpaired) electrons. The van der Waals surface area contributed by atoms with Crippen molar-refractivity contribution in [2.45, 2.75) is 12.3 Å². The molecule has 2 N–H and O–H groups in total.